The molecule has 1 saturated carbocycles. The Kier molecular flexibility index (Phi) is 6.53. The number of epoxide rings is 1. The minimum Gasteiger partial charge on any atom is -0.462 e. The summed E-state index contributed by atoms with van der Waals surface area (Å²) < 4.78 is 11.4. The van der Waals surface area contributed by atoms with Crippen molar-refractivity contribution in [2.45, 2.75) is 104 Å². The van der Waals surface area contributed by atoms with E-state index in [0.717, 1.165) is 31.1 Å². The second kappa shape index (κ2) is 8.00. The molecule has 0 spiro atoms. The van der Waals surface area contributed by atoms with Crippen LogP contribution in [0.2, 0.25) is 0 Å². The predicted molar refractivity (Wildman–Crippen MR) is 93.3 cm³/mol. The molecule has 3 atom stereocenters. The van der Waals surface area contributed by atoms with E-state index < -0.39 is 0 Å². The molecule has 2 fully saturated rings. The van der Waals surface area contributed by atoms with Crippen LogP contribution in [0.1, 0.15) is 86.0 Å². The molecule has 1 saturated heterocycles. The van der Waals surface area contributed by atoms with Crippen molar-refractivity contribution >= 4 is 5.97 Å². The van der Waals surface area contributed by atoms with Gasteiger partial charge in [0.1, 0.15) is 0 Å². The molecule has 3 nitrogen and oxygen atoms in total. The molecule has 134 valence electrons. The molecule has 1 aliphatic carbocycles. The highest BCUT2D eigenvalue weighted by Gasteiger charge is 2.39. The SMILES string of the molecule is CCC1OC1CC1CCC(CC(C)OC(=O)C(C)(C)CC)CC1. The van der Waals surface area contributed by atoms with Gasteiger partial charge < -0.3 is 9.47 Å². The van der Waals surface area contributed by atoms with Crippen LogP contribution in [0.4, 0.5) is 0 Å². The molecular weight excluding hydrogens is 288 g/mol. The van der Waals surface area contributed by atoms with Gasteiger partial charge in [0.2, 0.25) is 0 Å². The summed E-state index contributed by atoms with van der Waals surface area (Å²) in [5, 5.41) is 0. The minimum atomic E-state index is -0.355. The predicted octanol–water partition coefficient (Wildman–Crippen LogP) is 5.12. The van der Waals surface area contributed by atoms with Crippen molar-refractivity contribution in [3.63, 3.8) is 0 Å². The molecule has 0 aromatic rings. The first kappa shape index (κ1) is 18.8. The van der Waals surface area contributed by atoms with Crippen molar-refractivity contribution in [2.24, 2.45) is 17.3 Å². The molecule has 3 heteroatoms. The maximum atomic E-state index is 12.2. The van der Waals surface area contributed by atoms with E-state index in [1.807, 2.05) is 20.8 Å². The quantitative estimate of drug-likeness (QED) is 0.459. The van der Waals surface area contributed by atoms with Gasteiger partial charge in [0.15, 0.2) is 0 Å². The summed E-state index contributed by atoms with van der Waals surface area (Å²) in [5.74, 6) is 1.53. The van der Waals surface area contributed by atoms with Gasteiger partial charge in [-0.15, -0.1) is 0 Å². The highest BCUT2D eigenvalue weighted by Crippen LogP contribution is 2.39. The van der Waals surface area contributed by atoms with Crippen LogP contribution < -0.4 is 0 Å². The van der Waals surface area contributed by atoms with Gasteiger partial charge in [0.25, 0.3) is 0 Å². The third-order valence-electron chi connectivity index (χ3n) is 6.03. The standard InChI is InChI=1S/C20H36O3/c1-6-17-18(23-17)13-16-10-8-15(9-11-16)12-14(3)22-19(21)20(4,5)7-2/h14-18H,6-13H2,1-5H3. The van der Waals surface area contributed by atoms with Crippen molar-refractivity contribution in [1.29, 1.82) is 0 Å². The molecule has 1 heterocycles. The lowest BCUT2D eigenvalue weighted by atomic mass is 9.78. The Hall–Kier alpha value is -0.570. The fraction of sp³-hybridized carbons (Fsp3) is 0.950. The average Bonchev–Trinajstić information content (AvgIpc) is 3.27. The average molecular weight is 325 g/mol. The van der Waals surface area contributed by atoms with Crippen LogP contribution in [0.3, 0.4) is 0 Å². The van der Waals surface area contributed by atoms with Crippen molar-refractivity contribution in [2.75, 3.05) is 0 Å². The summed E-state index contributed by atoms with van der Waals surface area (Å²) in [7, 11) is 0. The molecule has 1 aliphatic heterocycles. The fourth-order valence-corrected chi connectivity index (χ4v) is 3.78. The smallest absolute Gasteiger partial charge is 0.311 e. The summed E-state index contributed by atoms with van der Waals surface area (Å²) in [6.07, 6.45) is 10.6. The third-order valence-corrected chi connectivity index (χ3v) is 6.03. The fourth-order valence-electron chi connectivity index (χ4n) is 3.78. The molecule has 3 unspecified atom stereocenters. The van der Waals surface area contributed by atoms with Crippen molar-refractivity contribution in [3.05, 3.63) is 0 Å². The van der Waals surface area contributed by atoms with Gasteiger partial charge in [-0.05, 0) is 58.3 Å². The lowest BCUT2D eigenvalue weighted by molar-refractivity contribution is -0.159. The molecule has 0 aromatic heterocycles. The Bertz CT molecular complexity index is 382. The lowest BCUT2D eigenvalue weighted by Gasteiger charge is -2.31. The third kappa shape index (κ3) is 5.48. The van der Waals surface area contributed by atoms with Gasteiger partial charge in [-0.1, -0.05) is 39.5 Å². The normalized spacial score (nSPS) is 32.4. The van der Waals surface area contributed by atoms with E-state index in [2.05, 4.69) is 13.8 Å². The van der Waals surface area contributed by atoms with Crippen LogP contribution in [-0.2, 0) is 14.3 Å². The Morgan fingerprint density at radius 1 is 1.13 bits per heavy atom. The number of ether oxygens (including phenoxy) is 2. The van der Waals surface area contributed by atoms with E-state index in [4.69, 9.17) is 9.47 Å². The Morgan fingerprint density at radius 2 is 1.74 bits per heavy atom. The van der Waals surface area contributed by atoms with E-state index >= 15 is 0 Å². The second-order valence-corrected chi connectivity index (χ2v) is 8.43. The van der Waals surface area contributed by atoms with Crippen LogP contribution in [0.5, 0.6) is 0 Å². The van der Waals surface area contributed by atoms with Crippen molar-refractivity contribution in [1.82, 2.24) is 0 Å². The van der Waals surface area contributed by atoms with E-state index in [0.29, 0.717) is 12.2 Å². The van der Waals surface area contributed by atoms with Crippen molar-refractivity contribution in [3.8, 4) is 0 Å². The molecule has 0 amide bonds. The zero-order chi connectivity index (χ0) is 17.0. The lowest BCUT2D eigenvalue weighted by Crippen LogP contribution is -2.30. The van der Waals surface area contributed by atoms with Gasteiger partial charge >= 0.3 is 5.97 Å². The van der Waals surface area contributed by atoms with Crippen LogP contribution in [0.15, 0.2) is 0 Å². The Morgan fingerprint density at radius 3 is 2.26 bits per heavy atom. The maximum absolute atomic E-state index is 12.2. The highest BCUT2D eigenvalue weighted by atomic mass is 16.6. The number of hydrogen-bond acceptors (Lipinski definition) is 3. The second-order valence-electron chi connectivity index (χ2n) is 8.43. The molecular formula is C20H36O3. The Balaban J connectivity index is 1.64. The van der Waals surface area contributed by atoms with Gasteiger partial charge in [0, 0.05) is 0 Å². The van der Waals surface area contributed by atoms with Gasteiger partial charge in [-0.3, -0.25) is 4.79 Å². The number of carbonyl (C=O) groups excluding carboxylic acids is 1. The highest BCUT2D eigenvalue weighted by molar-refractivity contribution is 5.75. The zero-order valence-corrected chi connectivity index (χ0v) is 15.8. The number of carbonyl (C=O) groups is 1. The Labute approximate surface area is 142 Å². The summed E-state index contributed by atoms with van der Waals surface area (Å²) in [5.41, 5.74) is -0.355. The van der Waals surface area contributed by atoms with E-state index in [9.17, 15) is 4.79 Å². The maximum Gasteiger partial charge on any atom is 0.311 e. The molecule has 0 bridgehead atoms. The first-order valence-corrected chi connectivity index (χ1v) is 9.72. The van der Waals surface area contributed by atoms with Crippen LogP contribution >= 0.6 is 0 Å². The first-order chi connectivity index (χ1) is 10.9. The van der Waals surface area contributed by atoms with Gasteiger partial charge in [0.05, 0.1) is 23.7 Å². The molecule has 0 N–H and O–H groups in total. The molecule has 0 aromatic carbocycles. The number of hydrogen-bond donors (Lipinski definition) is 0. The topological polar surface area (TPSA) is 38.8 Å². The van der Waals surface area contributed by atoms with Crippen molar-refractivity contribution < 1.29 is 14.3 Å². The monoisotopic (exact) mass is 324 g/mol. The van der Waals surface area contributed by atoms with Gasteiger partial charge in [-0.2, -0.15) is 0 Å². The summed E-state index contributed by atoms with van der Waals surface area (Å²) in [6, 6.07) is 0. The molecule has 23 heavy (non-hydrogen) atoms. The van der Waals surface area contributed by atoms with Crippen LogP contribution in [-0.4, -0.2) is 24.3 Å². The van der Waals surface area contributed by atoms with E-state index in [-0.39, 0.29) is 17.5 Å². The van der Waals surface area contributed by atoms with E-state index in [1.165, 1.54) is 32.1 Å². The van der Waals surface area contributed by atoms with Crippen LogP contribution in [0, 0.1) is 17.3 Å². The molecule has 0 radical (unpaired) electrons. The first-order valence-electron chi connectivity index (χ1n) is 9.72. The van der Waals surface area contributed by atoms with Crippen LogP contribution in [0.25, 0.3) is 0 Å². The summed E-state index contributed by atoms with van der Waals surface area (Å²) in [4.78, 5) is 12.2. The molecule has 2 rings (SSSR count). The van der Waals surface area contributed by atoms with Gasteiger partial charge in [-0.25, -0.2) is 0 Å². The summed E-state index contributed by atoms with van der Waals surface area (Å²) >= 11 is 0. The summed E-state index contributed by atoms with van der Waals surface area (Å²) in [6.45, 7) is 10.2. The number of esters is 1. The minimum absolute atomic E-state index is 0.0438. The molecule has 2 aliphatic rings. The van der Waals surface area contributed by atoms with E-state index in [1.54, 1.807) is 0 Å². The largest absolute Gasteiger partial charge is 0.462 e. The zero-order valence-electron chi connectivity index (χ0n) is 15.8. The number of rotatable bonds is 8.